The summed E-state index contributed by atoms with van der Waals surface area (Å²) in [5, 5.41) is 21.8. The molecule has 0 bridgehead atoms. The zero-order chi connectivity index (χ0) is 19.2. The van der Waals surface area contributed by atoms with E-state index in [4.69, 9.17) is 0 Å². The van der Waals surface area contributed by atoms with Crippen molar-refractivity contribution in [2.24, 2.45) is 10.8 Å². The van der Waals surface area contributed by atoms with Gasteiger partial charge in [0.2, 0.25) is 0 Å². The van der Waals surface area contributed by atoms with Crippen molar-refractivity contribution < 1.29 is 19.8 Å². The van der Waals surface area contributed by atoms with E-state index in [1.54, 1.807) is 0 Å². The number of unbranched alkanes of at least 4 members (excludes halogenated alkanes) is 2. The number of rotatable bonds is 12. The Morgan fingerprint density at radius 2 is 0.880 bits per heavy atom. The van der Waals surface area contributed by atoms with E-state index in [9.17, 15) is 19.8 Å². The summed E-state index contributed by atoms with van der Waals surface area (Å²) in [6.07, 6.45) is 8.34. The molecule has 5 heteroatoms. The molecule has 0 unspecified atom stereocenters. The van der Waals surface area contributed by atoms with Crippen LogP contribution in [-0.2, 0) is 9.59 Å². The molecular weight excluding hydrogens is 423 g/mol. The van der Waals surface area contributed by atoms with Gasteiger partial charge in [-0.3, -0.25) is 0 Å². The molecule has 0 spiro atoms. The average molecular weight is 461 g/mol. The molecule has 146 valence electrons. The van der Waals surface area contributed by atoms with Crippen LogP contribution in [0.5, 0.6) is 0 Å². The van der Waals surface area contributed by atoms with Crippen molar-refractivity contribution in [1.82, 2.24) is 0 Å². The summed E-state index contributed by atoms with van der Waals surface area (Å²) < 4.78 is 0. The van der Waals surface area contributed by atoms with Crippen molar-refractivity contribution in [1.29, 1.82) is 0 Å². The molecule has 0 aliphatic heterocycles. The monoisotopic (exact) mass is 462 g/mol. The van der Waals surface area contributed by atoms with Gasteiger partial charge >= 0.3 is 23.9 Å². The number of aliphatic carboxylic acids is 2. The molecule has 0 aromatic heterocycles. The normalized spacial score (nSPS) is 11.1. The third kappa shape index (κ3) is 9.86. The minimum absolute atomic E-state index is 0. The maximum atomic E-state index is 10.9. The molecule has 2 radical (unpaired) electrons. The van der Waals surface area contributed by atoms with Gasteiger partial charge in [-0.15, -0.1) is 0 Å². The van der Waals surface area contributed by atoms with E-state index in [1.807, 2.05) is 27.7 Å². The van der Waals surface area contributed by atoms with E-state index in [0.717, 1.165) is 38.5 Å². The Labute approximate surface area is 172 Å². The quantitative estimate of drug-likeness (QED) is 0.419. The zero-order valence-electron chi connectivity index (χ0n) is 17.2. The second-order valence-corrected chi connectivity index (χ2v) is 6.76. The maximum absolute atomic E-state index is 10.9. The number of carbonyl (C=O) groups excluding carboxylic acids is 2. The molecule has 25 heavy (non-hydrogen) atoms. The van der Waals surface area contributed by atoms with Gasteiger partial charge in [-0.25, -0.2) is 0 Å². The molecule has 0 saturated heterocycles. The van der Waals surface area contributed by atoms with Gasteiger partial charge in [-0.2, -0.15) is 0 Å². The molecule has 0 aromatic rings. The summed E-state index contributed by atoms with van der Waals surface area (Å²) in [6.45, 7) is 11.9. The van der Waals surface area contributed by atoms with Crippen LogP contribution < -0.4 is 10.2 Å². The van der Waals surface area contributed by atoms with E-state index < -0.39 is 22.8 Å². The summed E-state index contributed by atoms with van der Waals surface area (Å²) in [4.78, 5) is 21.8. The van der Waals surface area contributed by atoms with Crippen LogP contribution in [-0.4, -0.2) is 35.8 Å². The first-order valence-electron chi connectivity index (χ1n) is 9.68. The molecule has 4 nitrogen and oxygen atoms in total. The van der Waals surface area contributed by atoms with Crippen molar-refractivity contribution >= 4 is 35.8 Å². The summed E-state index contributed by atoms with van der Waals surface area (Å²) in [5.74, 6) is -1.75. The van der Waals surface area contributed by atoms with Gasteiger partial charge in [-0.05, 0) is 38.5 Å². The Bertz CT molecular complexity index is 314. The topological polar surface area (TPSA) is 80.3 Å². The van der Waals surface area contributed by atoms with Gasteiger partial charge < -0.3 is 19.8 Å². The van der Waals surface area contributed by atoms with Crippen molar-refractivity contribution in [2.75, 3.05) is 0 Å². The summed E-state index contributed by atoms with van der Waals surface area (Å²) in [6, 6.07) is 0. The van der Waals surface area contributed by atoms with Crippen LogP contribution in [0, 0.1) is 10.8 Å². The summed E-state index contributed by atoms with van der Waals surface area (Å²) in [7, 11) is 0. The van der Waals surface area contributed by atoms with Gasteiger partial charge in [0.15, 0.2) is 0 Å². The van der Waals surface area contributed by atoms with Crippen molar-refractivity contribution in [3.05, 3.63) is 0 Å². The predicted molar refractivity (Wildman–Crippen MR) is 101 cm³/mol. The van der Waals surface area contributed by atoms with E-state index in [2.05, 4.69) is 13.8 Å². The van der Waals surface area contributed by atoms with Gasteiger partial charge in [-0.1, -0.05) is 67.2 Å². The number of carboxylic acids is 2. The van der Waals surface area contributed by atoms with Crippen LogP contribution in [0.4, 0.5) is 0 Å². The van der Waals surface area contributed by atoms with Crippen molar-refractivity contribution in [3.63, 3.8) is 0 Å². The van der Waals surface area contributed by atoms with E-state index in [0.29, 0.717) is 25.7 Å². The number of carbonyl (C=O) groups is 2. The van der Waals surface area contributed by atoms with Crippen LogP contribution in [0.3, 0.4) is 0 Å². The van der Waals surface area contributed by atoms with Gasteiger partial charge in [0.05, 0.1) is 0 Å². The third-order valence-electron chi connectivity index (χ3n) is 5.59. The largest absolute Gasteiger partial charge is 2.00 e. The number of carboxylic acid groups (broad SMARTS) is 2. The first-order chi connectivity index (χ1) is 11.3. The maximum Gasteiger partial charge on any atom is 2.00 e. The molecule has 0 amide bonds. The summed E-state index contributed by atoms with van der Waals surface area (Å²) in [5.41, 5.74) is -1.12. The Hall–Kier alpha value is -0.261. The third-order valence-corrected chi connectivity index (χ3v) is 5.59. The minimum Gasteiger partial charge on any atom is -0.550 e. The smallest absolute Gasteiger partial charge is 0.550 e. The van der Waals surface area contributed by atoms with Gasteiger partial charge in [0.1, 0.15) is 0 Å². The molecule has 0 rings (SSSR count). The Morgan fingerprint density at radius 1 is 0.640 bits per heavy atom. The molecule has 0 atom stereocenters. The molecule has 0 fully saturated rings. The standard InChI is InChI=1S/2C10H20O2.Sn/c2*1-4-7-8-10(5-2,6-3)9(11)12;/h2*4-8H2,1-3H3,(H,11,12);/q;;+2/p-2. The van der Waals surface area contributed by atoms with E-state index in [1.165, 1.54) is 0 Å². The first kappa shape index (κ1) is 29.5. The van der Waals surface area contributed by atoms with Crippen LogP contribution in [0.25, 0.3) is 0 Å². The molecule has 0 aliphatic carbocycles. The Kier molecular flexibility index (Phi) is 18.8. The number of hydrogen-bond donors (Lipinski definition) is 0. The average Bonchev–Trinajstić information content (AvgIpc) is 2.58. The molecule has 0 aliphatic rings. The fourth-order valence-electron chi connectivity index (χ4n) is 3.02. The molecule has 0 aromatic carbocycles. The van der Waals surface area contributed by atoms with Crippen LogP contribution in [0.1, 0.15) is 106 Å². The SMILES string of the molecule is CCCCC(CC)(CC)C(=O)[O-].CCCCC(CC)(CC)C(=O)[O-].[Sn+2]. The van der Waals surface area contributed by atoms with Gasteiger partial charge in [0, 0.05) is 22.8 Å². The molecule has 0 saturated carbocycles. The second kappa shape index (κ2) is 16.0. The molecular formula is C20H38O4Sn. The van der Waals surface area contributed by atoms with Crippen LogP contribution in [0.15, 0.2) is 0 Å². The predicted octanol–water partition coefficient (Wildman–Crippen LogP) is 3.09. The Morgan fingerprint density at radius 3 is 1.00 bits per heavy atom. The van der Waals surface area contributed by atoms with Gasteiger partial charge in [0.25, 0.3) is 0 Å². The van der Waals surface area contributed by atoms with Crippen molar-refractivity contribution in [3.8, 4) is 0 Å². The first-order valence-corrected chi connectivity index (χ1v) is 9.68. The molecule has 0 N–H and O–H groups in total. The molecule has 0 heterocycles. The number of hydrogen-bond acceptors (Lipinski definition) is 4. The zero-order valence-corrected chi connectivity index (χ0v) is 20.1. The minimum atomic E-state index is -0.874. The van der Waals surface area contributed by atoms with E-state index in [-0.39, 0.29) is 23.9 Å². The fraction of sp³-hybridized carbons (Fsp3) is 0.900. The van der Waals surface area contributed by atoms with Crippen molar-refractivity contribution in [2.45, 2.75) is 106 Å². The van der Waals surface area contributed by atoms with Crippen LogP contribution in [0.2, 0.25) is 0 Å². The second-order valence-electron chi connectivity index (χ2n) is 6.76. The summed E-state index contributed by atoms with van der Waals surface area (Å²) >= 11 is 0. The van der Waals surface area contributed by atoms with E-state index >= 15 is 0 Å². The van der Waals surface area contributed by atoms with Crippen LogP contribution >= 0.6 is 0 Å². The Balaban J connectivity index is -0.000000372. The fourth-order valence-corrected chi connectivity index (χ4v) is 3.02.